The first kappa shape index (κ1) is 25.8. The summed E-state index contributed by atoms with van der Waals surface area (Å²) >= 11 is -0.556. The van der Waals surface area contributed by atoms with Crippen LogP contribution < -0.4 is 10.6 Å². The molecule has 0 spiro atoms. The number of likely N-dealkylation sites (tertiary alicyclic amines) is 1. The Bertz CT molecular complexity index is 981. The molecule has 2 nitrogen and oxygen atoms in total. The first-order valence-corrected chi connectivity index (χ1v) is 16.3. The molecule has 6 heteroatoms. The normalized spacial score (nSPS) is 14.2. The van der Waals surface area contributed by atoms with Crippen LogP contribution in [0, 0.1) is 6.92 Å². The molecular formula is C26H30Cl2NOPTi. The molecule has 0 bridgehead atoms. The monoisotopic (exact) mass is 521 g/mol. The van der Waals surface area contributed by atoms with Gasteiger partial charge in [0.25, 0.3) is 0 Å². The summed E-state index contributed by atoms with van der Waals surface area (Å²) in [5.41, 5.74) is 4.97. The van der Waals surface area contributed by atoms with Crippen molar-refractivity contribution in [2.24, 2.45) is 0 Å². The van der Waals surface area contributed by atoms with Crippen LogP contribution in [-0.2, 0) is 30.0 Å². The van der Waals surface area contributed by atoms with Crippen LogP contribution in [0.4, 0.5) is 0 Å². The third kappa shape index (κ3) is 7.59. The van der Waals surface area contributed by atoms with Gasteiger partial charge >= 0.3 is 35.6 Å². The van der Waals surface area contributed by atoms with E-state index < -0.39 is 17.0 Å². The number of piperidine rings is 1. The Hall–Kier alpha value is -0.856. The molecule has 1 unspecified atom stereocenters. The second-order valence-electron chi connectivity index (χ2n) is 8.12. The van der Waals surface area contributed by atoms with Crippen LogP contribution >= 0.6 is 27.2 Å². The van der Waals surface area contributed by atoms with E-state index in [0.717, 1.165) is 23.8 Å². The molecule has 1 aliphatic heterocycles. The molecule has 0 aliphatic carbocycles. The molecule has 1 atom stereocenters. The fourth-order valence-corrected chi connectivity index (χ4v) is 5.51. The number of hydrogen-bond donors (Lipinski definition) is 1. The van der Waals surface area contributed by atoms with E-state index in [-0.39, 0.29) is 0 Å². The van der Waals surface area contributed by atoms with Gasteiger partial charge in [-0.15, -0.1) is 0 Å². The van der Waals surface area contributed by atoms with Crippen molar-refractivity contribution in [1.29, 1.82) is 0 Å². The Balaban J connectivity index is 0.000000913. The van der Waals surface area contributed by atoms with Crippen molar-refractivity contribution >= 4 is 37.8 Å². The molecule has 1 saturated heterocycles. The molecule has 168 valence electrons. The van der Waals surface area contributed by atoms with E-state index >= 15 is 0 Å². The van der Waals surface area contributed by atoms with Crippen LogP contribution in [0.5, 0.6) is 5.75 Å². The summed E-state index contributed by atoms with van der Waals surface area (Å²) in [6, 6.07) is 23.2. The molecule has 3 aromatic carbocycles. The quantitative estimate of drug-likeness (QED) is 0.304. The van der Waals surface area contributed by atoms with Crippen LogP contribution in [0.3, 0.4) is 0 Å². The Morgan fingerprint density at radius 2 is 1.53 bits per heavy atom. The van der Waals surface area contributed by atoms with Gasteiger partial charge in [0.1, 0.15) is 5.75 Å². The zero-order valence-corrected chi connectivity index (χ0v) is 22.5. The molecular weight excluding hydrogens is 492 g/mol. The summed E-state index contributed by atoms with van der Waals surface area (Å²) in [5, 5.41) is 13.5. The van der Waals surface area contributed by atoms with E-state index in [4.69, 9.17) is 18.6 Å². The standard InChI is InChI=1S/C26H30NOP.2ClH.Ti/c1-20-10-8-14-23(19-27-16-6-3-7-17-27)26(20)29-24-15-9-13-22(25(24)28)18-21-11-4-2-5-12-21;;;/h2,4-5,8-15,28-29H,3,6-7,16-19H2,1H3;2*1H;/q;;;+2/p-2. The van der Waals surface area contributed by atoms with Crippen molar-refractivity contribution < 1.29 is 22.1 Å². The SMILES string of the molecule is Cc1cccc(CN2CCCCC2)c1Pc1cccc(Cc2ccccc2)c1O.[Cl][Ti][Cl]. The van der Waals surface area contributed by atoms with Gasteiger partial charge in [-0.2, -0.15) is 0 Å². The number of halogens is 2. The molecule has 3 aromatic rings. The molecule has 4 rings (SSSR count). The summed E-state index contributed by atoms with van der Waals surface area (Å²) < 4.78 is 0. The topological polar surface area (TPSA) is 23.5 Å². The molecule has 1 fully saturated rings. The summed E-state index contributed by atoms with van der Waals surface area (Å²) in [6.07, 6.45) is 4.75. The van der Waals surface area contributed by atoms with Crippen LogP contribution in [-0.4, -0.2) is 23.1 Å². The van der Waals surface area contributed by atoms with Crippen molar-refractivity contribution in [2.45, 2.75) is 39.2 Å². The van der Waals surface area contributed by atoms with Crippen molar-refractivity contribution in [3.05, 3.63) is 89.0 Å². The molecule has 1 N–H and O–H groups in total. The van der Waals surface area contributed by atoms with Gasteiger partial charge in [0, 0.05) is 18.3 Å². The Morgan fingerprint density at radius 1 is 0.875 bits per heavy atom. The summed E-state index contributed by atoms with van der Waals surface area (Å²) in [4.78, 5) is 2.58. The second kappa shape index (κ2) is 13.8. The molecule has 0 saturated carbocycles. The van der Waals surface area contributed by atoms with Gasteiger partial charge in [0.15, 0.2) is 0 Å². The molecule has 0 radical (unpaired) electrons. The molecule has 0 aromatic heterocycles. The van der Waals surface area contributed by atoms with Gasteiger partial charge < -0.3 is 5.11 Å². The first-order valence-electron chi connectivity index (χ1n) is 11.0. The average Bonchev–Trinajstić information content (AvgIpc) is 2.80. The number of aromatic hydroxyl groups is 1. The maximum absolute atomic E-state index is 11.0. The van der Waals surface area contributed by atoms with E-state index in [1.807, 2.05) is 12.1 Å². The van der Waals surface area contributed by atoms with Gasteiger partial charge in [0.2, 0.25) is 0 Å². The Morgan fingerprint density at radius 3 is 2.25 bits per heavy atom. The zero-order chi connectivity index (χ0) is 22.8. The van der Waals surface area contributed by atoms with Crippen molar-refractivity contribution in [3.8, 4) is 5.75 Å². The Kier molecular flexibility index (Phi) is 11.1. The zero-order valence-electron chi connectivity index (χ0n) is 18.5. The average molecular weight is 522 g/mol. The number of phenolic OH excluding ortho intramolecular Hbond substituents is 1. The first-order chi connectivity index (χ1) is 15.6. The van der Waals surface area contributed by atoms with E-state index in [2.05, 4.69) is 66.4 Å². The van der Waals surface area contributed by atoms with Gasteiger partial charge in [-0.1, -0.05) is 81.7 Å². The number of hydrogen-bond acceptors (Lipinski definition) is 2. The van der Waals surface area contributed by atoms with Crippen LogP contribution in [0.2, 0.25) is 0 Å². The van der Waals surface area contributed by atoms with Crippen molar-refractivity contribution in [3.63, 3.8) is 0 Å². The third-order valence-electron chi connectivity index (χ3n) is 5.82. The number of phenols is 1. The number of para-hydroxylation sites is 1. The summed E-state index contributed by atoms with van der Waals surface area (Å²) in [5.74, 6) is 0.460. The van der Waals surface area contributed by atoms with Crippen LogP contribution in [0.15, 0.2) is 66.7 Å². The molecule has 0 amide bonds. The van der Waals surface area contributed by atoms with Gasteiger partial charge in [0.05, 0.1) is 0 Å². The van der Waals surface area contributed by atoms with E-state index in [1.54, 1.807) is 0 Å². The second-order valence-corrected chi connectivity index (χ2v) is 12.0. The van der Waals surface area contributed by atoms with Crippen LogP contribution in [0.25, 0.3) is 0 Å². The van der Waals surface area contributed by atoms with Gasteiger partial charge in [-0.25, -0.2) is 0 Å². The maximum atomic E-state index is 11.0. The number of benzene rings is 3. The molecule has 1 heterocycles. The fraction of sp³-hybridized carbons (Fsp3) is 0.308. The number of nitrogens with zero attached hydrogens (tertiary/aromatic N) is 1. The minimum absolute atomic E-state index is 0.460. The molecule has 32 heavy (non-hydrogen) atoms. The summed E-state index contributed by atoms with van der Waals surface area (Å²) in [7, 11) is 10.3. The number of rotatable bonds is 6. The van der Waals surface area contributed by atoms with Gasteiger partial charge in [-0.3, -0.25) is 4.90 Å². The van der Waals surface area contributed by atoms with Gasteiger partial charge in [-0.05, 0) is 60.4 Å². The Labute approximate surface area is 210 Å². The summed E-state index contributed by atoms with van der Waals surface area (Å²) in [6.45, 7) is 5.63. The van der Waals surface area contributed by atoms with E-state index in [1.165, 1.54) is 54.3 Å². The van der Waals surface area contributed by atoms with E-state index in [9.17, 15) is 5.11 Å². The molecule has 1 aliphatic rings. The predicted molar refractivity (Wildman–Crippen MR) is 137 cm³/mol. The fourth-order valence-electron chi connectivity index (χ4n) is 4.18. The van der Waals surface area contributed by atoms with E-state index in [0.29, 0.717) is 14.3 Å². The third-order valence-corrected chi connectivity index (χ3v) is 7.46. The van der Waals surface area contributed by atoms with Crippen LogP contribution in [0.1, 0.15) is 41.5 Å². The number of aryl methyl sites for hydroxylation is 1. The predicted octanol–water partition coefficient (Wildman–Crippen LogP) is 6.28. The van der Waals surface area contributed by atoms with Crippen molar-refractivity contribution in [1.82, 2.24) is 4.90 Å². The minimum atomic E-state index is -0.556. The van der Waals surface area contributed by atoms with Crippen molar-refractivity contribution in [2.75, 3.05) is 13.1 Å².